The number of benzene rings is 2. The average molecular weight is 399 g/mol. The quantitative estimate of drug-likeness (QED) is 0.255. The van der Waals surface area contributed by atoms with Gasteiger partial charge in [-0.2, -0.15) is 0 Å². The summed E-state index contributed by atoms with van der Waals surface area (Å²) in [6, 6.07) is 15.9. The van der Waals surface area contributed by atoms with Gasteiger partial charge in [-0.25, -0.2) is 0 Å². The predicted molar refractivity (Wildman–Crippen MR) is 121 cm³/mol. The maximum atomic E-state index is 12.5. The number of unbranched alkanes of at least 4 members (excludes halogenated alkanes) is 6. The highest BCUT2D eigenvalue weighted by Gasteiger charge is 2.08. The van der Waals surface area contributed by atoms with Crippen LogP contribution in [0.25, 0.3) is 0 Å². The van der Waals surface area contributed by atoms with Gasteiger partial charge in [-0.3, -0.25) is 4.79 Å². The van der Waals surface area contributed by atoms with E-state index in [0.29, 0.717) is 5.56 Å². The lowest BCUT2D eigenvalue weighted by atomic mass is 10.1. The van der Waals surface area contributed by atoms with Crippen LogP contribution in [0.5, 0.6) is 5.75 Å². The van der Waals surface area contributed by atoms with Crippen molar-refractivity contribution in [1.82, 2.24) is 0 Å². The Bertz CT molecular complexity index is 677. The largest absolute Gasteiger partial charge is 0.494 e. The number of rotatable bonds is 13. The molecular weight excluding hydrogens is 364 g/mol. The molecule has 2 rings (SSSR count). The fourth-order valence-corrected chi connectivity index (χ4v) is 3.79. The molecule has 0 amide bonds. The van der Waals surface area contributed by atoms with Crippen molar-refractivity contribution in [2.75, 3.05) is 6.61 Å². The van der Waals surface area contributed by atoms with Gasteiger partial charge in [0.25, 0.3) is 0 Å². The molecule has 2 aromatic carbocycles. The standard InChI is InChI=1S/C25H34O2S/c1-3-5-7-8-9-11-21-12-18-24(19-13-21)28-25(26)22-14-16-23(17-15-22)27-20-10-6-4-2/h12-19H,3-11,20H2,1-2H3. The summed E-state index contributed by atoms with van der Waals surface area (Å²) in [5.41, 5.74) is 2.07. The SMILES string of the molecule is CCCCCCCc1ccc(SC(=O)c2ccc(OCCCCC)cc2)cc1. The Kier molecular flexibility index (Phi) is 10.8. The van der Waals surface area contributed by atoms with Crippen molar-refractivity contribution >= 4 is 16.9 Å². The van der Waals surface area contributed by atoms with Gasteiger partial charge in [0.15, 0.2) is 0 Å². The molecule has 0 spiro atoms. The van der Waals surface area contributed by atoms with Crippen LogP contribution in [-0.2, 0) is 6.42 Å². The summed E-state index contributed by atoms with van der Waals surface area (Å²) >= 11 is 1.29. The molecule has 3 heteroatoms. The Morgan fingerprint density at radius 3 is 2.11 bits per heavy atom. The summed E-state index contributed by atoms with van der Waals surface area (Å²) in [5.74, 6) is 0.834. The molecule has 152 valence electrons. The average Bonchev–Trinajstić information content (AvgIpc) is 2.73. The van der Waals surface area contributed by atoms with Crippen LogP contribution in [-0.4, -0.2) is 11.7 Å². The Labute approximate surface area is 175 Å². The highest BCUT2D eigenvalue weighted by atomic mass is 32.2. The summed E-state index contributed by atoms with van der Waals surface area (Å²) < 4.78 is 5.71. The van der Waals surface area contributed by atoms with Crippen molar-refractivity contribution in [3.8, 4) is 5.75 Å². The Morgan fingerprint density at radius 1 is 0.786 bits per heavy atom. The third kappa shape index (κ3) is 8.52. The van der Waals surface area contributed by atoms with Crippen molar-refractivity contribution in [3.63, 3.8) is 0 Å². The Hall–Kier alpha value is -1.74. The molecule has 2 nitrogen and oxygen atoms in total. The Balaban J connectivity index is 1.77. The first-order valence-corrected chi connectivity index (χ1v) is 11.6. The zero-order valence-electron chi connectivity index (χ0n) is 17.4. The maximum absolute atomic E-state index is 12.5. The van der Waals surface area contributed by atoms with Crippen LogP contribution in [0.15, 0.2) is 53.4 Å². The number of carbonyl (C=O) groups is 1. The van der Waals surface area contributed by atoms with E-state index >= 15 is 0 Å². The second-order valence-corrected chi connectivity index (χ2v) is 8.32. The van der Waals surface area contributed by atoms with Crippen molar-refractivity contribution < 1.29 is 9.53 Å². The molecule has 0 fully saturated rings. The molecule has 0 aliphatic carbocycles. The van der Waals surface area contributed by atoms with Crippen molar-refractivity contribution in [1.29, 1.82) is 0 Å². The van der Waals surface area contributed by atoms with Crippen LogP contribution >= 0.6 is 11.8 Å². The molecule has 0 heterocycles. The first-order valence-electron chi connectivity index (χ1n) is 10.8. The van der Waals surface area contributed by atoms with Crippen LogP contribution in [0.1, 0.15) is 81.1 Å². The molecular formula is C25H34O2S. The Morgan fingerprint density at radius 2 is 1.43 bits per heavy atom. The summed E-state index contributed by atoms with van der Waals surface area (Å²) in [7, 11) is 0. The van der Waals surface area contributed by atoms with Crippen LogP contribution < -0.4 is 4.74 Å². The normalized spacial score (nSPS) is 10.8. The van der Waals surface area contributed by atoms with E-state index in [-0.39, 0.29) is 5.12 Å². The number of carbonyl (C=O) groups excluding carboxylic acids is 1. The molecule has 0 radical (unpaired) electrons. The second-order valence-electron chi connectivity index (χ2n) is 7.28. The smallest absolute Gasteiger partial charge is 0.224 e. The monoisotopic (exact) mass is 398 g/mol. The van der Waals surface area contributed by atoms with Crippen LogP contribution in [0.3, 0.4) is 0 Å². The number of hydrogen-bond donors (Lipinski definition) is 0. The third-order valence-corrected chi connectivity index (χ3v) is 5.74. The fraction of sp³-hybridized carbons (Fsp3) is 0.480. The fourth-order valence-electron chi connectivity index (χ4n) is 3.05. The van der Waals surface area contributed by atoms with E-state index in [2.05, 4.69) is 38.1 Å². The summed E-state index contributed by atoms with van der Waals surface area (Å²) in [4.78, 5) is 13.5. The molecule has 0 aliphatic heterocycles. The lowest BCUT2D eigenvalue weighted by Gasteiger charge is -2.07. The molecule has 0 bridgehead atoms. The van der Waals surface area contributed by atoms with E-state index in [1.807, 2.05) is 24.3 Å². The molecule has 0 aromatic heterocycles. The van der Waals surface area contributed by atoms with Crippen LogP contribution in [0, 0.1) is 0 Å². The van der Waals surface area contributed by atoms with E-state index in [9.17, 15) is 4.79 Å². The minimum absolute atomic E-state index is 0.0739. The second kappa shape index (κ2) is 13.4. The molecule has 0 saturated carbocycles. The van der Waals surface area contributed by atoms with E-state index in [1.54, 1.807) is 0 Å². The topological polar surface area (TPSA) is 26.3 Å². The van der Waals surface area contributed by atoms with Gasteiger partial charge in [0.1, 0.15) is 5.75 Å². The predicted octanol–water partition coefficient (Wildman–Crippen LogP) is 7.70. The van der Waals surface area contributed by atoms with Crippen molar-refractivity contribution in [2.45, 2.75) is 76.5 Å². The van der Waals surface area contributed by atoms with Gasteiger partial charge < -0.3 is 4.74 Å². The van der Waals surface area contributed by atoms with Gasteiger partial charge in [-0.15, -0.1) is 0 Å². The van der Waals surface area contributed by atoms with Crippen molar-refractivity contribution in [2.24, 2.45) is 0 Å². The number of hydrogen-bond acceptors (Lipinski definition) is 3. The zero-order chi connectivity index (χ0) is 20.0. The molecule has 0 unspecified atom stereocenters. The molecule has 28 heavy (non-hydrogen) atoms. The highest BCUT2D eigenvalue weighted by Crippen LogP contribution is 2.25. The summed E-state index contributed by atoms with van der Waals surface area (Å²) in [6.07, 6.45) is 11.1. The van der Waals surface area contributed by atoms with Gasteiger partial charge in [0.05, 0.1) is 6.61 Å². The number of ether oxygens (including phenoxy) is 1. The molecule has 0 saturated heterocycles. The maximum Gasteiger partial charge on any atom is 0.224 e. The van der Waals surface area contributed by atoms with Crippen molar-refractivity contribution in [3.05, 3.63) is 59.7 Å². The van der Waals surface area contributed by atoms with E-state index in [4.69, 9.17) is 4.74 Å². The zero-order valence-corrected chi connectivity index (χ0v) is 18.2. The molecule has 2 aromatic rings. The number of aryl methyl sites for hydroxylation is 1. The number of thioether (sulfide) groups is 1. The first kappa shape index (κ1) is 22.5. The van der Waals surface area contributed by atoms with E-state index < -0.39 is 0 Å². The summed E-state index contributed by atoms with van der Waals surface area (Å²) in [5, 5.41) is 0.0739. The van der Waals surface area contributed by atoms with Gasteiger partial charge in [0, 0.05) is 10.5 Å². The highest BCUT2D eigenvalue weighted by molar-refractivity contribution is 8.14. The molecule has 0 N–H and O–H groups in total. The van der Waals surface area contributed by atoms with Crippen LogP contribution in [0.4, 0.5) is 0 Å². The lowest BCUT2D eigenvalue weighted by Crippen LogP contribution is -1.98. The van der Waals surface area contributed by atoms with E-state index in [1.165, 1.54) is 62.3 Å². The molecule has 0 atom stereocenters. The van der Waals surface area contributed by atoms with Gasteiger partial charge in [-0.05, 0) is 73.0 Å². The minimum Gasteiger partial charge on any atom is -0.494 e. The van der Waals surface area contributed by atoms with E-state index in [0.717, 1.165) is 30.1 Å². The lowest BCUT2D eigenvalue weighted by molar-refractivity contribution is 0.108. The molecule has 0 aliphatic rings. The summed E-state index contributed by atoms with van der Waals surface area (Å²) in [6.45, 7) is 5.16. The first-order chi connectivity index (χ1) is 13.7. The van der Waals surface area contributed by atoms with Gasteiger partial charge in [0.2, 0.25) is 5.12 Å². The third-order valence-electron chi connectivity index (χ3n) is 4.81. The minimum atomic E-state index is 0.0739. The van der Waals surface area contributed by atoms with Gasteiger partial charge in [-0.1, -0.05) is 64.5 Å². The van der Waals surface area contributed by atoms with Gasteiger partial charge >= 0.3 is 0 Å². The van der Waals surface area contributed by atoms with Crippen LogP contribution in [0.2, 0.25) is 0 Å².